The first-order valence-electron chi connectivity index (χ1n) is 6.65. The van der Waals surface area contributed by atoms with E-state index in [0.717, 1.165) is 10.5 Å². The summed E-state index contributed by atoms with van der Waals surface area (Å²) in [6.07, 6.45) is 0.711. The van der Waals surface area contributed by atoms with Gasteiger partial charge < -0.3 is 10.4 Å². The van der Waals surface area contributed by atoms with Gasteiger partial charge in [-0.05, 0) is 25.0 Å². The molecule has 2 N–H and O–H groups in total. The van der Waals surface area contributed by atoms with Gasteiger partial charge in [0, 0.05) is 4.90 Å². The number of amides is 1. The normalized spacial score (nSPS) is 13.6. The molecule has 0 fully saturated rings. The van der Waals surface area contributed by atoms with Gasteiger partial charge in [-0.25, -0.2) is 4.79 Å². The highest BCUT2D eigenvalue weighted by Gasteiger charge is 2.25. The first-order chi connectivity index (χ1) is 9.43. The Morgan fingerprint density at radius 3 is 2.65 bits per heavy atom. The molecule has 0 aliphatic heterocycles. The highest BCUT2D eigenvalue weighted by Crippen LogP contribution is 2.18. The maximum Gasteiger partial charge on any atom is 0.326 e. The minimum Gasteiger partial charge on any atom is -0.480 e. The fraction of sp³-hybridized carbons (Fsp3) is 0.467. The lowest BCUT2D eigenvalue weighted by Gasteiger charge is -2.20. The van der Waals surface area contributed by atoms with Gasteiger partial charge in [0.2, 0.25) is 5.91 Å². The highest BCUT2D eigenvalue weighted by atomic mass is 32.2. The lowest BCUT2D eigenvalue weighted by Crippen LogP contribution is -2.45. The van der Waals surface area contributed by atoms with Crippen LogP contribution in [0.1, 0.15) is 25.8 Å². The zero-order valence-electron chi connectivity index (χ0n) is 12.1. The predicted octanol–water partition coefficient (Wildman–Crippen LogP) is 2.70. The Hall–Kier alpha value is -1.49. The smallest absolute Gasteiger partial charge is 0.326 e. The molecule has 0 aliphatic carbocycles. The molecule has 0 radical (unpaired) electrons. The van der Waals surface area contributed by atoms with Gasteiger partial charge in [0.1, 0.15) is 6.04 Å². The number of benzene rings is 1. The Kier molecular flexibility index (Phi) is 6.58. The van der Waals surface area contributed by atoms with E-state index in [0.29, 0.717) is 6.42 Å². The van der Waals surface area contributed by atoms with Crippen molar-refractivity contribution in [3.05, 3.63) is 29.8 Å². The Morgan fingerprint density at radius 2 is 2.10 bits per heavy atom. The van der Waals surface area contributed by atoms with Crippen LogP contribution in [0, 0.1) is 12.8 Å². The first kappa shape index (κ1) is 16.6. The number of aliphatic carboxylic acids is 1. The van der Waals surface area contributed by atoms with Crippen molar-refractivity contribution in [2.75, 3.05) is 5.75 Å². The maximum atomic E-state index is 11.8. The number of carbonyl (C=O) groups is 2. The number of rotatable bonds is 7. The van der Waals surface area contributed by atoms with Crippen molar-refractivity contribution in [3.63, 3.8) is 0 Å². The molecule has 4 nitrogen and oxygen atoms in total. The minimum absolute atomic E-state index is 0.0829. The van der Waals surface area contributed by atoms with E-state index in [-0.39, 0.29) is 17.6 Å². The van der Waals surface area contributed by atoms with E-state index in [1.165, 1.54) is 11.8 Å². The van der Waals surface area contributed by atoms with Crippen LogP contribution < -0.4 is 5.32 Å². The molecule has 0 bridgehead atoms. The third kappa shape index (κ3) is 5.25. The van der Waals surface area contributed by atoms with Crippen LogP contribution in [-0.2, 0) is 9.59 Å². The molecule has 1 aromatic carbocycles. The Balaban J connectivity index is 2.52. The molecule has 0 saturated heterocycles. The summed E-state index contributed by atoms with van der Waals surface area (Å²) in [7, 11) is 0. The molecule has 0 heterocycles. The summed E-state index contributed by atoms with van der Waals surface area (Å²) in [4.78, 5) is 24.0. The third-order valence-corrected chi connectivity index (χ3v) is 4.15. The number of hydrogen-bond acceptors (Lipinski definition) is 3. The van der Waals surface area contributed by atoms with Crippen molar-refractivity contribution in [1.82, 2.24) is 5.32 Å². The molecule has 20 heavy (non-hydrogen) atoms. The van der Waals surface area contributed by atoms with Crippen LogP contribution in [0.2, 0.25) is 0 Å². The van der Waals surface area contributed by atoms with Gasteiger partial charge in [-0.1, -0.05) is 38.0 Å². The maximum absolute atomic E-state index is 11.8. The lowest BCUT2D eigenvalue weighted by atomic mass is 9.99. The summed E-state index contributed by atoms with van der Waals surface area (Å²) in [6, 6.07) is 7.06. The summed E-state index contributed by atoms with van der Waals surface area (Å²) in [6.45, 7) is 5.73. The molecule has 0 aromatic heterocycles. The van der Waals surface area contributed by atoms with Gasteiger partial charge in [-0.3, -0.25) is 4.79 Å². The predicted molar refractivity (Wildman–Crippen MR) is 80.9 cm³/mol. The van der Waals surface area contributed by atoms with Gasteiger partial charge >= 0.3 is 5.97 Å². The van der Waals surface area contributed by atoms with E-state index >= 15 is 0 Å². The second-order valence-corrected chi connectivity index (χ2v) is 5.92. The van der Waals surface area contributed by atoms with E-state index in [9.17, 15) is 9.59 Å². The molecule has 0 aliphatic rings. The number of aryl methyl sites for hydroxylation is 1. The van der Waals surface area contributed by atoms with Crippen LogP contribution in [0.15, 0.2) is 29.2 Å². The van der Waals surface area contributed by atoms with Crippen LogP contribution in [0.5, 0.6) is 0 Å². The monoisotopic (exact) mass is 295 g/mol. The van der Waals surface area contributed by atoms with Gasteiger partial charge in [-0.15, -0.1) is 11.8 Å². The van der Waals surface area contributed by atoms with Crippen molar-refractivity contribution in [2.24, 2.45) is 5.92 Å². The average molecular weight is 295 g/mol. The molecule has 1 rings (SSSR count). The van der Waals surface area contributed by atoms with Crippen LogP contribution in [0.3, 0.4) is 0 Å². The fourth-order valence-electron chi connectivity index (χ4n) is 1.75. The molecule has 2 atom stereocenters. The quantitative estimate of drug-likeness (QED) is 0.759. The zero-order valence-corrected chi connectivity index (χ0v) is 12.9. The minimum atomic E-state index is -0.978. The molecule has 0 spiro atoms. The van der Waals surface area contributed by atoms with Crippen LogP contribution in [0.4, 0.5) is 0 Å². The van der Waals surface area contributed by atoms with E-state index < -0.39 is 12.0 Å². The molecule has 0 saturated carbocycles. The number of nitrogens with one attached hydrogen (secondary N) is 1. The number of hydrogen-bond donors (Lipinski definition) is 2. The Morgan fingerprint density at radius 1 is 1.40 bits per heavy atom. The topological polar surface area (TPSA) is 66.4 Å². The van der Waals surface area contributed by atoms with E-state index in [4.69, 9.17) is 5.11 Å². The van der Waals surface area contributed by atoms with Crippen molar-refractivity contribution < 1.29 is 14.7 Å². The second-order valence-electron chi connectivity index (χ2n) is 4.87. The van der Waals surface area contributed by atoms with Crippen molar-refractivity contribution in [3.8, 4) is 0 Å². The molecular formula is C15H21NO3S. The van der Waals surface area contributed by atoms with Gasteiger partial charge in [0.05, 0.1) is 5.75 Å². The molecule has 110 valence electrons. The number of carbonyl (C=O) groups excluding carboxylic acids is 1. The Labute approximate surface area is 124 Å². The summed E-state index contributed by atoms with van der Waals surface area (Å²) in [5.74, 6) is -1.08. The summed E-state index contributed by atoms with van der Waals surface area (Å²) in [5, 5.41) is 11.7. The van der Waals surface area contributed by atoms with E-state index in [1.54, 1.807) is 0 Å². The molecule has 5 heteroatoms. The SMILES string of the molecule is CCC(C)C(NC(=O)CSc1cccc(C)c1)C(=O)O. The van der Waals surface area contributed by atoms with Crippen LogP contribution >= 0.6 is 11.8 Å². The van der Waals surface area contributed by atoms with E-state index in [1.807, 2.05) is 45.0 Å². The fourth-order valence-corrected chi connectivity index (χ4v) is 2.58. The summed E-state index contributed by atoms with van der Waals surface area (Å²) < 4.78 is 0. The standard InChI is InChI=1S/C15H21NO3S/c1-4-11(3)14(15(18)19)16-13(17)9-20-12-7-5-6-10(2)8-12/h5-8,11,14H,4,9H2,1-3H3,(H,16,17)(H,18,19). The second kappa shape index (κ2) is 7.94. The van der Waals surface area contributed by atoms with Gasteiger partial charge in [0.15, 0.2) is 0 Å². The van der Waals surface area contributed by atoms with Crippen LogP contribution in [0.25, 0.3) is 0 Å². The molecule has 2 unspecified atom stereocenters. The average Bonchev–Trinajstić information content (AvgIpc) is 2.41. The number of carboxylic acid groups (broad SMARTS) is 1. The first-order valence-corrected chi connectivity index (χ1v) is 7.64. The third-order valence-electron chi connectivity index (χ3n) is 3.15. The van der Waals surface area contributed by atoms with Gasteiger partial charge in [-0.2, -0.15) is 0 Å². The summed E-state index contributed by atoms with van der Waals surface area (Å²) >= 11 is 1.41. The van der Waals surface area contributed by atoms with Crippen molar-refractivity contribution >= 4 is 23.6 Å². The van der Waals surface area contributed by atoms with Crippen LogP contribution in [-0.4, -0.2) is 28.8 Å². The van der Waals surface area contributed by atoms with Gasteiger partial charge in [0.25, 0.3) is 0 Å². The molecule has 1 amide bonds. The molecule has 1 aromatic rings. The number of thioether (sulfide) groups is 1. The number of carboxylic acids is 1. The lowest BCUT2D eigenvalue weighted by molar-refractivity contribution is -0.143. The highest BCUT2D eigenvalue weighted by molar-refractivity contribution is 8.00. The largest absolute Gasteiger partial charge is 0.480 e. The summed E-state index contributed by atoms with van der Waals surface area (Å²) in [5.41, 5.74) is 1.14. The molecular weight excluding hydrogens is 274 g/mol. The van der Waals surface area contributed by atoms with Crippen molar-refractivity contribution in [2.45, 2.75) is 38.1 Å². The van der Waals surface area contributed by atoms with E-state index in [2.05, 4.69) is 5.32 Å². The Bertz CT molecular complexity index is 476. The zero-order chi connectivity index (χ0) is 15.1. The van der Waals surface area contributed by atoms with Crippen molar-refractivity contribution in [1.29, 1.82) is 0 Å².